The van der Waals surface area contributed by atoms with Crippen molar-refractivity contribution in [1.82, 2.24) is 15.8 Å². The normalized spacial score (nSPS) is 18.8. The van der Waals surface area contributed by atoms with Gasteiger partial charge in [0, 0.05) is 31.4 Å². The van der Waals surface area contributed by atoms with Crippen molar-refractivity contribution in [3.63, 3.8) is 0 Å². The zero-order valence-corrected chi connectivity index (χ0v) is 16.3. The SMILES string of the molecule is CN(CCCCCC1CC(c2ccccc2)NN1)C(=O)Nc1ccc(F)cc1. The van der Waals surface area contributed by atoms with Crippen molar-refractivity contribution in [1.29, 1.82) is 0 Å². The monoisotopic (exact) mass is 384 g/mol. The lowest BCUT2D eigenvalue weighted by molar-refractivity contribution is 0.221. The summed E-state index contributed by atoms with van der Waals surface area (Å²) in [6.07, 6.45) is 5.41. The van der Waals surface area contributed by atoms with E-state index in [1.165, 1.54) is 17.7 Å². The van der Waals surface area contributed by atoms with Crippen LogP contribution in [0.3, 0.4) is 0 Å². The average Bonchev–Trinajstić information content (AvgIpc) is 3.19. The number of halogens is 1. The van der Waals surface area contributed by atoms with Gasteiger partial charge in [0.1, 0.15) is 5.82 Å². The fourth-order valence-corrected chi connectivity index (χ4v) is 3.49. The number of benzene rings is 2. The summed E-state index contributed by atoms with van der Waals surface area (Å²) in [4.78, 5) is 13.8. The molecule has 0 spiro atoms. The van der Waals surface area contributed by atoms with Crippen LogP contribution in [0.4, 0.5) is 14.9 Å². The number of hydrogen-bond acceptors (Lipinski definition) is 3. The molecule has 3 rings (SSSR count). The molecule has 0 aromatic heterocycles. The molecule has 1 heterocycles. The van der Waals surface area contributed by atoms with E-state index in [0.717, 1.165) is 32.1 Å². The molecule has 1 fully saturated rings. The summed E-state index contributed by atoms with van der Waals surface area (Å²) in [5.41, 5.74) is 8.72. The summed E-state index contributed by atoms with van der Waals surface area (Å²) in [5.74, 6) is -0.312. The first-order chi connectivity index (χ1) is 13.6. The van der Waals surface area contributed by atoms with Crippen LogP contribution in [0.5, 0.6) is 0 Å². The topological polar surface area (TPSA) is 56.4 Å². The Labute approximate surface area is 166 Å². The highest BCUT2D eigenvalue weighted by Crippen LogP contribution is 2.24. The van der Waals surface area contributed by atoms with Crippen molar-refractivity contribution in [2.45, 2.75) is 44.2 Å². The van der Waals surface area contributed by atoms with Crippen molar-refractivity contribution >= 4 is 11.7 Å². The first-order valence-electron chi connectivity index (χ1n) is 9.95. The number of carbonyl (C=O) groups is 1. The Morgan fingerprint density at radius 1 is 1.07 bits per heavy atom. The summed E-state index contributed by atoms with van der Waals surface area (Å²) in [5, 5.41) is 2.78. The summed E-state index contributed by atoms with van der Waals surface area (Å²) in [6.45, 7) is 0.704. The predicted octanol–water partition coefficient (Wildman–Crippen LogP) is 4.46. The number of unbranched alkanes of at least 4 members (excludes halogenated alkanes) is 2. The molecular formula is C22H29FN4O. The van der Waals surface area contributed by atoms with Gasteiger partial charge in [0.25, 0.3) is 0 Å². The Morgan fingerprint density at radius 2 is 1.82 bits per heavy atom. The summed E-state index contributed by atoms with van der Waals surface area (Å²) < 4.78 is 12.9. The smallest absolute Gasteiger partial charge is 0.321 e. The summed E-state index contributed by atoms with van der Waals surface area (Å²) in [7, 11) is 1.78. The van der Waals surface area contributed by atoms with Gasteiger partial charge in [-0.05, 0) is 49.1 Å². The molecule has 0 saturated carbocycles. The van der Waals surface area contributed by atoms with E-state index in [-0.39, 0.29) is 11.8 Å². The molecule has 0 bridgehead atoms. The molecule has 2 atom stereocenters. The zero-order valence-electron chi connectivity index (χ0n) is 16.3. The van der Waals surface area contributed by atoms with Crippen molar-refractivity contribution < 1.29 is 9.18 Å². The Kier molecular flexibility index (Phi) is 7.39. The van der Waals surface area contributed by atoms with E-state index in [2.05, 4.69) is 40.4 Å². The maximum atomic E-state index is 12.9. The number of hydrogen-bond donors (Lipinski definition) is 3. The number of amides is 2. The van der Waals surface area contributed by atoms with Crippen LogP contribution in [-0.2, 0) is 0 Å². The number of nitrogens with zero attached hydrogens (tertiary/aromatic N) is 1. The van der Waals surface area contributed by atoms with Gasteiger partial charge >= 0.3 is 6.03 Å². The lowest BCUT2D eigenvalue weighted by Gasteiger charge is -2.18. The Morgan fingerprint density at radius 3 is 2.57 bits per heavy atom. The third kappa shape index (κ3) is 6.04. The van der Waals surface area contributed by atoms with Crippen LogP contribution in [0, 0.1) is 5.82 Å². The van der Waals surface area contributed by atoms with Crippen molar-refractivity contribution in [3.8, 4) is 0 Å². The van der Waals surface area contributed by atoms with Crippen LogP contribution < -0.4 is 16.2 Å². The Balaban J connectivity index is 1.28. The minimum atomic E-state index is -0.312. The predicted molar refractivity (Wildman–Crippen MR) is 110 cm³/mol. The van der Waals surface area contributed by atoms with Crippen LogP contribution in [0.25, 0.3) is 0 Å². The number of nitrogens with one attached hydrogen (secondary N) is 3. The molecule has 2 aromatic carbocycles. The minimum absolute atomic E-state index is 0.168. The molecule has 1 aliphatic rings. The standard InChI is InChI=1S/C22H29FN4O/c1-27(22(28)24-19-13-11-18(23)12-14-19)15-7-3-6-10-20-16-21(26-25-20)17-8-4-2-5-9-17/h2,4-5,8-9,11-14,20-21,25-26H,3,6-7,10,15-16H2,1H3,(H,24,28). The Bertz CT molecular complexity index is 738. The van der Waals surface area contributed by atoms with Crippen LogP contribution in [0.15, 0.2) is 54.6 Å². The van der Waals surface area contributed by atoms with Gasteiger partial charge in [0.15, 0.2) is 0 Å². The van der Waals surface area contributed by atoms with Crippen molar-refractivity contribution in [2.75, 3.05) is 18.9 Å². The molecule has 2 unspecified atom stereocenters. The molecule has 0 aliphatic carbocycles. The van der Waals surface area contributed by atoms with Gasteiger partial charge in [-0.2, -0.15) is 0 Å². The van der Waals surface area contributed by atoms with Gasteiger partial charge in [-0.3, -0.25) is 10.9 Å². The van der Waals surface area contributed by atoms with Gasteiger partial charge in [0.05, 0.1) is 0 Å². The maximum absolute atomic E-state index is 12.9. The van der Waals surface area contributed by atoms with Crippen LogP contribution in [0.2, 0.25) is 0 Å². The molecule has 6 heteroatoms. The molecule has 1 saturated heterocycles. The second-order valence-electron chi connectivity index (χ2n) is 7.39. The molecule has 28 heavy (non-hydrogen) atoms. The zero-order chi connectivity index (χ0) is 19.8. The van der Waals surface area contributed by atoms with Crippen LogP contribution in [0.1, 0.15) is 43.7 Å². The number of carbonyl (C=O) groups excluding carboxylic acids is 1. The van der Waals surface area contributed by atoms with Gasteiger partial charge in [-0.15, -0.1) is 0 Å². The lowest BCUT2D eigenvalue weighted by Crippen LogP contribution is -2.32. The van der Waals surface area contributed by atoms with Crippen LogP contribution in [-0.4, -0.2) is 30.6 Å². The third-order valence-corrected chi connectivity index (χ3v) is 5.17. The van der Waals surface area contributed by atoms with E-state index in [1.54, 1.807) is 24.1 Å². The molecule has 0 radical (unpaired) electrons. The first-order valence-corrected chi connectivity index (χ1v) is 9.95. The largest absolute Gasteiger partial charge is 0.328 e. The average molecular weight is 384 g/mol. The molecule has 1 aliphatic heterocycles. The highest BCUT2D eigenvalue weighted by Gasteiger charge is 2.24. The van der Waals surface area contributed by atoms with Gasteiger partial charge in [-0.1, -0.05) is 43.2 Å². The van der Waals surface area contributed by atoms with E-state index in [4.69, 9.17) is 0 Å². The van der Waals surface area contributed by atoms with Crippen LogP contribution >= 0.6 is 0 Å². The number of urea groups is 1. The van der Waals surface area contributed by atoms with Gasteiger partial charge < -0.3 is 10.2 Å². The number of hydrazine groups is 1. The fraction of sp³-hybridized carbons (Fsp3) is 0.409. The maximum Gasteiger partial charge on any atom is 0.321 e. The van der Waals surface area contributed by atoms with Gasteiger partial charge in [0.2, 0.25) is 0 Å². The molecule has 3 N–H and O–H groups in total. The molecule has 150 valence electrons. The number of rotatable bonds is 8. The highest BCUT2D eigenvalue weighted by atomic mass is 19.1. The second-order valence-corrected chi connectivity index (χ2v) is 7.39. The Hall–Kier alpha value is -2.44. The fourth-order valence-electron chi connectivity index (χ4n) is 3.49. The number of anilines is 1. The summed E-state index contributed by atoms with van der Waals surface area (Å²) in [6, 6.07) is 17.0. The van der Waals surface area contributed by atoms with Gasteiger partial charge in [-0.25, -0.2) is 9.18 Å². The highest BCUT2D eigenvalue weighted by molar-refractivity contribution is 5.89. The molecular weight excluding hydrogens is 355 g/mol. The third-order valence-electron chi connectivity index (χ3n) is 5.17. The molecule has 2 amide bonds. The quantitative estimate of drug-likeness (QED) is 0.589. The molecule has 5 nitrogen and oxygen atoms in total. The van der Waals surface area contributed by atoms with Crippen molar-refractivity contribution in [2.24, 2.45) is 0 Å². The van der Waals surface area contributed by atoms with E-state index in [1.807, 2.05) is 6.07 Å². The van der Waals surface area contributed by atoms with Crippen molar-refractivity contribution in [3.05, 3.63) is 66.0 Å². The van der Waals surface area contributed by atoms with E-state index >= 15 is 0 Å². The summed E-state index contributed by atoms with van der Waals surface area (Å²) >= 11 is 0. The minimum Gasteiger partial charge on any atom is -0.328 e. The second kappa shape index (κ2) is 10.2. The first kappa shape index (κ1) is 20.3. The van der Waals surface area contributed by atoms with E-state index < -0.39 is 0 Å². The molecule has 2 aromatic rings. The lowest BCUT2D eigenvalue weighted by atomic mass is 9.99. The van der Waals surface area contributed by atoms with E-state index in [9.17, 15) is 9.18 Å². The van der Waals surface area contributed by atoms with E-state index in [0.29, 0.717) is 24.3 Å².